The highest BCUT2D eigenvalue weighted by Gasteiger charge is 2.33. The maximum absolute atomic E-state index is 14.8. The van der Waals surface area contributed by atoms with E-state index in [1.54, 1.807) is 0 Å². The summed E-state index contributed by atoms with van der Waals surface area (Å²) in [5.74, 6) is 0. The quantitative estimate of drug-likeness (QED) is 0.160. The van der Waals surface area contributed by atoms with Gasteiger partial charge in [0.25, 0.3) is 0 Å². The van der Waals surface area contributed by atoms with Crippen molar-refractivity contribution in [2.75, 3.05) is 0 Å². The summed E-state index contributed by atoms with van der Waals surface area (Å²) in [5.41, 5.74) is 27.2. The Morgan fingerprint density at radius 1 is 0.329 bits per heavy atom. The third-order valence-electron chi connectivity index (χ3n) is 16.8. The van der Waals surface area contributed by atoms with E-state index < -0.39 is 11.7 Å². The van der Waals surface area contributed by atoms with Crippen LogP contribution in [0.1, 0.15) is 83.5 Å². The first-order valence-corrected chi connectivity index (χ1v) is 27.8. The molecule has 4 nitrogen and oxygen atoms in total. The van der Waals surface area contributed by atoms with Gasteiger partial charge in [0.15, 0.2) is 0 Å². The minimum atomic E-state index is -4.71. The van der Waals surface area contributed by atoms with Gasteiger partial charge in [-0.05, 0) is 245 Å². The van der Waals surface area contributed by atoms with Gasteiger partial charge < -0.3 is 9.13 Å². The smallest absolute Gasteiger partial charge is 0.308 e. The van der Waals surface area contributed by atoms with Crippen molar-refractivity contribution < 1.29 is 13.2 Å². The highest BCUT2D eigenvalue weighted by atomic mass is 19.4. The Balaban J connectivity index is 1.24. The lowest BCUT2D eigenvalue weighted by atomic mass is 9.91. The highest BCUT2D eigenvalue weighted by molar-refractivity contribution is 6.15. The normalized spacial score (nSPS) is 11.8. The summed E-state index contributed by atoms with van der Waals surface area (Å²) < 4.78 is 48.7. The maximum Gasteiger partial charge on any atom is 0.416 e. The molecule has 0 aliphatic rings. The Labute approximate surface area is 477 Å². The number of aromatic nitrogens is 2. The number of nitriles is 2. The summed E-state index contributed by atoms with van der Waals surface area (Å²) in [6.07, 6.45) is -4.71. The summed E-state index contributed by atoms with van der Waals surface area (Å²) in [4.78, 5) is 0. The lowest BCUT2D eigenvalue weighted by Crippen LogP contribution is -2.08. The summed E-state index contributed by atoms with van der Waals surface area (Å²) in [5, 5.41) is 26.3. The minimum absolute atomic E-state index is 0.149. The lowest BCUT2D eigenvalue weighted by molar-refractivity contribution is -0.137. The monoisotopic (exact) mass is 1070 g/mol. The van der Waals surface area contributed by atoms with Gasteiger partial charge in [-0.15, -0.1) is 0 Å². The van der Waals surface area contributed by atoms with E-state index in [0.29, 0.717) is 28.1 Å². The van der Waals surface area contributed by atoms with Crippen LogP contribution < -0.4 is 0 Å². The fourth-order valence-electron chi connectivity index (χ4n) is 14.1. The third-order valence-corrected chi connectivity index (χ3v) is 16.8. The number of hydrogen-bond acceptors (Lipinski definition) is 2. The van der Waals surface area contributed by atoms with Gasteiger partial charge in [0, 0.05) is 32.7 Å². The van der Waals surface area contributed by atoms with E-state index in [9.17, 15) is 23.7 Å². The minimum Gasteiger partial charge on any atom is -0.308 e. The Hall–Kier alpha value is -9.43. The van der Waals surface area contributed by atoms with Gasteiger partial charge in [-0.3, -0.25) is 0 Å². The van der Waals surface area contributed by atoms with Crippen LogP contribution in [-0.4, -0.2) is 9.13 Å². The van der Waals surface area contributed by atoms with Gasteiger partial charge in [-0.25, -0.2) is 0 Å². The zero-order valence-corrected chi connectivity index (χ0v) is 48.4. The van der Waals surface area contributed by atoms with Crippen LogP contribution in [0.2, 0.25) is 0 Å². The number of nitrogens with zero attached hydrogens (tertiary/aromatic N) is 4. The number of hydrogen-bond donors (Lipinski definition) is 0. The Bertz CT molecular complexity index is 4250. The summed E-state index contributed by atoms with van der Waals surface area (Å²) >= 11 is 0. The van der Waals surface area contributed by atoms with Crippen molar-refractivity contribution in [3.63, 3.8) is 0 Å². The third kappa shape index (κ3) is 8.75. The molecule has 10 aromatic carbocycles. The highest BCUT2D eigenvalue weighted by Crippen LogP contribution is 2.48. The standard InChI is InChI=1S/C75H61F3N4/c1-40-23-44(5)70(45(6)24-40)53-13-19-64-60(34-53)61-35-54(71-46(7)25-41(2)26-47(71)8)14-20-65(61)81(64)68-31-52(38-79)32-69(74(68)59-18-17-58(75(76,77)78)33-57(59)39-80)82-66-21-15-55(72-48(9)27-42(3)28-49(72)10)36-62(66)63-37-56(16-22-67(63)82)73-50(11)29-43(4)30-51(73)12/h13-37H,1-12H3. The largest absolute Gasteiger partial charge is 0.416 e. The first kappa shape index (κ1) is 53.2. The van der Waals surface area contributed by atoms with E-state index in [4.69, 9.17) is 0 Å². The van der Waals surface area contributed by atoms with Gasteiger partial charge in [0.05, 0.1) is 62.3 Å². The molecule has 0 saturated carbocycles. The second-order valence-electron chi connectivity index (χ2n) is 23.1. The van der Waals surface area contributed by atoms with Crippen LogP contribution in [0.3, 0.4) is 0 Å². The number of fused-ring (bicyclic) bond motifs is 6. The topological polar surface area (TPSA) is 57.4 Å². The molecule has 0 radical (unpaired) electrons. The van der Waals surface area contributed by atoms with Gasteiger partial charge in [0.1, 0.15) is 0 Å². The lowest BCUT2D eigenvalue weighted by Gasteiger charge is -2.22. The molecule has 2 aromatic heterocycles. The van der Waals surface area contributed by atoms with E-state index >= 15 is 0 Å². The molecule has 82 heavy (non-hydrogen) atoms. The zero-order chi connectivity index (χ0) is 58.0. The average Bonchev–Trinajstić information content (AvgIpc) is 2.76. The number of aryl methyl sites for hydroxylation is 12. The van der Waals surface area contributed by atoms with Gasteiger partial charge in [-0.2, -0.15) is 23.7 Å². The molecule has 0 N–H and O–H groups in total. The SMILES string of the molecule is Cc1cc(C)c(-c2ccc3c(c2)c2cc(-c4c(C)cc(C)cc4C)ccc2n3-c2cc(C#N)cc(-n3c4ccc(-c5c(C)cc(C)cc5C)cc4c4cc(-c5c(C)cc(C)cc5C)ccc43)c2-c2ccc(C(F)(F)F)cc2C#N)c(C)c1. The summed E-state index contributed by atoms with van der Waals surface area (Å²) in [6.45, 7) is 25.6. The predicted molar refractivity (Wildman–Crippen MR) is 334 cm³/mol. The second-order valence-corrected chi connectivity index (χ2v) is 23.1. The fourth-order valence-corrected chi connectivity index (χ4v) is 14.1. The van der Waals surface area contributed by atoms with Crippen molar-refractivity contribution >= 4 is 43.6 Å². The summed E-state index contributed by atoms with van der Waals surface area (Å²) in [6, 6.07) is 55.6. The van der Waals surface area contributed by atoms with E-state index in [2.05, 4.69) is 226 Å². The Morgan fingerprint density at radius 3 is 0.878 bits per heavy atom. The molecular formula is C75H61F3N4. The Morgan fingerprint density at radius 2 is 0.622 bits per heavy atom. The fraction of sp³-hybridized carbons (Fsp3) is 0.173. The number of alkyl halides is 3. The van der Waals surface area contributed by atoms with E-state index in [0.717, 1.165) is 145 Å². The Kier molecular flexibility index (Phi) is 12.8. The molecule has 7 heteroatoms. The van der Waals surface area contributed by atoms with Crippen molar-refractivity contribution in [1.29, 1.82) is 10.5 Å². The van der Waals surface area contributed by atoms with Crippen molar-refractivity contribution in [3.05, 3.63) is 235 Å². The van der Waals surface area contributed by atoms with E-state index in [1.165, 1.54) is 28.3 Å². The average molecular weight is 1080 g/mol. The molecule has 0 fully saturated rings. The first-order chi connectivity index (χ1) is 39.1. The van der Waals surface area contributed by atoms with Crippen molar-refractivity contribution in [3.8, 4) is 79.1 Å². The molecular weight excluding hydrogens is 1010 g/mol. The van der Waals surface area contributed by atoms with E-state index in [-0.39, 0.29) is 5.56 Å². The molecule has 0 amide bonds. The molecule has 402 valence electrons. The van der Waals surface area contributed by atoms with Crippen LogP contribution in [0.15, 0.2) is 152 Å². The van der Waals surface area contributed by atoms with Gasteiger partial charge in [0.2, 0.25) is 0 Å². The van der Waals surface area contributed by atoms with E-state index in [1.807, 2.05) is 12.1 Å². The van der Waals surface area contributed by atoms with Crippen LogP contribution in [0.5, 0.6) is 0 Å². The molecule has 0 spiro atoms. The molecule has 12 rings (SSSR count). The van der Waals surface area contributed by atoms with Gasteiger partial charge >= 0.3 is 6.18 Å². The molecule has 0 saturated heterocycles. The number of benzene rings is 10. The van der Waals surface area contributed by atoms with Crippen LogP contribution >= 0.6 is 0 Å². The zero-order valence-electron chi connectivity index (χ0n) is 48.4. The van der Waals surface area contributed by atoms with Gasteiger partial charge in [-0.1, -0.05) is 101 Å². The second kappa shape index (κ2) is 19.7. The predicted octanol–water partition coefficient (Wildman–Crippen LogP) is 20.7. The molecule has 0 aliphatic heterocycles. The van der Waals surface area contributed by atoms with Crippen molar-refractivity contribution in [1.82, 2.24) is 9.13 Å². The van der Waals surface area contributed by atoms with Crippen LogP contribution in [-0.2, 0) is 6.18 Å². The first-order valence-electron chi connectivity index (χ1n) is 27.8. The van der Waals surface area contributed by atoms with Crippen LogP contribution in [0.25, 0.3) is 111 Å². The number of halogens is 3. The van der Waals surface area contributed by atoms with Crippen LogP contribution in [0, 0.1) is 106 Å². The number of rotatable bonds is 7. The molecule has 2 heterocycles. The molecule has 12 aromatic rings. The maximum atomic E-state index is 14.8. The summed E-state index contributed by atoms with van der Waals surface area (Å²) in [7, 11) is 0. The molecule has 0 atom stereocenters. The van der Waals surface area contributed by atoms with Crippen molar-refractivity contribution in [2.24, 2.45) is 0 Å². The van der Waals surface area contributed by atoms with Crippen LogP contribution in [0.4, 0.5) is 13.2 Å². The molecule has 0 aliphatic carbocycles. The van der Waals surface area contributed by atoms with Crippen molar-refractivity contribution in [2.45, 2.75) is 89.3 Å². The molecule has 0 unspecified atom stereocenters. The molecule has 0 bridgehead atoms.